The molecule has 1 rings (SSSR count). The third-order valence-corrected chi connectivity index (χ3v) is 1.88. The Bertz CT molecular complexity index is 335. The van der Waals surface area contributed by atoms with Crippen molar-refractivity contribution in [2.75, 3.05) is 0 Å². The van der Waals surface area contributed by atoms with E-state index in [1.807, 2.05) is 19.1 Å². The Balaban J connectivity index is 2.80. The van der Waals surface area contributed by atoms with Gasteiger partial charge in [0.05, 0.1) is 6.10 Å². The molecule has 1 N–H and O–H groups in total. The highest BCUT2D eigenvalue weighted by molar-refractivity contribution is 5.22. The molecule has 0 aliphatic rings. The number of hydrogen-bond acceptors (Lipinski definition) is 2. The Hall–Kier alpha value is -1.33. The van der Waals surface area contributed by atoms with Crippen molar-refractivity contribution >= 4 is 0 Å². The lowest BCUT2D eigenvalue weighted by atomic mass is 10.1. The summed E-state index contributed by atoms with van der Waals surface area (Å²) >= 11 is 0. The van der Waals surface area contributed by atoms with Gasteiger partial charge in [-0.05, 0) is 19.9 Å². The van der Waals surface area contributed by atoms with Gasteiger partial charge in [0.2, 0.25) is 0 Å². The van der Waals surface area contributed by atoms with Crippen LogP contribution in [0.1, 0.15) is 30.7 Å². The largest absolute Gasteiger partial charge is 0.387 e. The molecule has 0 saturated heterocycles. The Morgan fingerprint density at radius 3 is 3.00 bits per heavy atom. The molecule has 0 aliphatic heterocycles. The van der Waals surface area contributed by atoms with Crippen LogP contribution in [0, 0.1) is 18.8 Å². The van der Waals surface area contributed by atoms with Gasteiger partial charge in [-0.2, -0.15) is 0 Å². The lowest BCUT2D eigenvalue weighted by Crippen LogP contribution is -2.00. The van der Waals surface area contributed by atoms with Gasteiger partial charge < -0.3 is 5.11 Å². The van der Waals surface area contributed by atoms with Crippen LogP contribution < -0.4 is 0 Å². The maximum atomic E-state index is 9.69. The summed E-state index contributed by atoms with van der Waals surface area (Å²) in [4.78, 5) is 4.10. The predicted molar refractivity (Wildman–Crippen MR) is 52.0 cm³/mol. The van der Waals surface area contributed by atoms with Crippen LogP contribution in [-0.4, -0.2) is 10.1 Å². The van der Waals surface area contributed by atoms with Crippen LogP contribution in [0.2, 0.25) is 0 Å². The van der Waals surface area contributed by atoms with Gasteiger partial charge in [0.25, 0.3) is 0 Å². The molecule has 0 bridgehead atoms. The second kappa shape index (κ2) is 4.64. The molecule has 1 heterocycles. The molecule has 2 nitrogen and oxygen atoms in total. The van der Waals surface area contributed by atoms with E-state index in [1.165, 1.54) is 0 Å². The van der Waals surface area contributed by atoms with Crippen molar-refractivity contribution in [3.63, 3.8) is 0 Å². The van der Waals surface area contributed by atoms with E-state index in [-0.39, 0.29) is 0 Å². The van der Waals surface area contributed by atoms with Crippen LogP contribution in [0.5, 0.6) is 0 Å². The highest BCUT2D eigenvalue weighted by atomic mass is 16.3. The van der Waals surface area contributed by atoms with Crippen molar-refractivity contribution in [1.82, 2.24) is 4.98 Å². The molecule has 0 amide bonds. The highest BCUT2D eigenvalue weighted by Crippen LogP contribution is 2.17. The molecule has 1 aromatic rings. The van der Waals surface area contributed by atoms with Crippen LogP contribution in [-0.2, 0) is 0 Å². The zero-order valence-corrected chi connectivity index (χ0v) is 7.91. The number of hydrogen-bond donors (Lipinski definition) is 1. The van der Waals surface area contributed by atoms with Crippen LogP contribution >= 0.6 is 0 Å². The minimum atomic E-state index is -0.513. The number of pyridine rings is 1. The first-order valence-electron chi connectivity index (χ1n) is 4.25. The standard InChI is InChI=1S/C11H13NO/c1-3-4-7-11(13)10-6-5-8-12-9(10)2/h5-6,8,11,13H,7H2,1-2H3. The Morgan fingerprint density at radius 1 is 1.62 bits per heavy atom. The maximum absolute atomic E-state index is 9.69. The van der Waals surface area contributed by atoms with Crippen molar-refractivity contribution in [3.05, 3.63) is 29.6 Å². The van der Waals surface area contributed by atoms with E-state index < -0.39 is 6.10 Å². The lowest BCUT2D eigenvalue weighted by molar-refractivity contribution is 0.183. The van der Waals surface area contributed by atoms with E-state index in [0.29, 0.717) is 6.42 Å². The van der Waals surface area contributed by atoms with Gasteiger partial charge in [0.1, 0.15) is 0 Å². The van der Waals surface area contributed by atoms with Gasteiger partial charge in [-0.15, -0.1) is 11.8 Å². The fourth-order valence-corrected chi connectivity index (χ4v) is 1.16. The lowest BCUT2D eigenvalue weighted by Gasteiger charge is -2.08. The minimum Gasteiger partial charge on any atom is -0.387 e. The molecule has 0 aliphatic carbocycles. The van der Waals surface area contributed by atoms with Crippen LogP contribution in [0.4, 0.5) is 0 Å². The quantitative estimate of drug-likeness (QED) is 0.696. The number of aromatic nitrogens is 1. The van der Waals surface area contributed by atoms with Gasteiger partial charge in [0.15, 0.2) is 0 Å². The molecule has 1 unspecified atom stereocenters. The van der Waals surface area contributed by atoms with Crippen molar-refractivity contribution < 1.29 is 5.11 Å². The van der Waals surface area contributed by atoms with E-state index >= 15 is 0 Å². The van der Waals surface area contributed by atoms with Crippen molar-refractivity contribution in [2.24, 2.45) is 0 Å². The number of nitrogens with zero attached hydrogens (tertiary/aromatic N) is 1. The fraction of sp³-hybridized carbons (Fsp3) is 0.364. The zero-order valence-electron chi connectivity index (χ0n) is 7.91. The van der Waals surface area contributed by atoms with Crippen LogP contribution in [0.25, 0.3) is 0 Å². The summed E-state index contributed by atoms with van der Waals surface area (Å²) in [6.07, 6.45) is 1.68. The molecule has 0 fully saturated rings. The summed E-state index contributed by atoms with van der Waals surface area (Å²) in [6.45, 7) is 3.65. The summed E-state index contributed by atoms with van der Waals surface area (Å²) in [6, 6.07) is 3.70. The van der Waals surface area contributed by atoms with Gasteiger partial charge in [-0.25, -0.2) is 0 Å². The first-order valence-corrected chi connectivity index (χ1v) is 4.25. The molecular formula is C11H13NO. The van der Waals surface area contributed by atoms with Gasteiger partial charge in [-0.1, -0.05) is 6.07 Å². The first-order chi connectivity index (χ1) is 6.25. The van der Waals surface area contributed by atoms with Crippen molar-refractivity contribution in [2.45, 2.75) is 26.4 Å². The number of rotatable bonds is 2. The maximum Gasteiger partial charge on any atom is 0.0916 e. The van der Waals surface area contributed by atoms with Crippen LogP contribution in [0.3, 0.4) is 0 Å². The number of aryl methyl sites for hydroxylation is 1. The van der Waals surface area contributed by atoms with Gasteiger partial charge in [0, 0.05) is 23.9 Å². The summed E-state index contributed by atoms with van der Waals surface area (Å²) in [5.41, 5.74) is 1.73. The summed E-state index contributed by atoms with van der Waals surface area (Å²) in [5, 5.41) is 9.69. The average Bonchev–Trinajstić information content (AvgIpc) is 2.15. The van der Waals surface area contributed by atoms with E-state index in [0.717, 1.165) is 11.3 Å². The Kier molecular flexibility index (Phi) is 3.48. The molecule has 1 atom stereocenters. The van der Waals surface area contributed by atoms with Crippen molar-refractivity contribution in [1.29, 1.82) is 0 Å². The third-order valence-electron chi connectivity index (χ3n) is 1.88. The van der Waals surface area contributed by atoms with E-state index in [4.69, 9.17) is 0 Å². The van der Waals surface area contributed by atoms with E-state index in [2.05, 4.69) is 16.8 Å². The third kappa shape index (κ3) is 2.57. The minimum absolute atomic E-state index is 0.475. The SMILES string of the molecule is CC#CCC(O)c1cccnc1C. The van der Waals surface area contributed by atoms with E-state index in [9.17, 15) is 5.11 Å². The topological polar surface area (TPSA) is 33.1 Å². The second-order valence-electron chi connectivity index (χ2n) is 2.82. The van der Waals surface area contributed by atoms with Gasteiger partial charge >= 0.3 is 0 Å². The molecule has 1 aromatic heterocycles. The molecule has 68 valence electrons. The smallest absolute Gasteiger partial charge is 0.0916 e. The molecule has 0 aromatic carbocycles. The summed E-state index contributed by atoms with van der Waals surface area (Å²) in [7, 11) is 0. The summed E-state index contributed by atoms with van der Waals surface area (Å²) in [5.74, 6) is 5.60. The monoisotopic (exact) mass is 175 g/mol. The highest BCUT2D eigenvalue weighted by Gasteiger charge is 2.08. The van der Waals surface area contributed by atoms with Crippen LogP contribution in [0.15, 0.2) is 18.3 Å². The molecule has 0 spiro atoms. The molecular weight excluding hydrogens is 162 g/mol. The number of aliphatic hydroxyl groups excluding tert-OH is 1. The first kappa shape index (κ1) is 9.76. The van der Waals surface area contributed by atoms with E-state index in [1.54, 1.807) is 13.1 Å². The zero-order chi connectivity index (χ0) is 9.68. The fourth-order valence-electron chi connectivity index (χ4n) is 1.16. The average molecular weight is 175 g/mol. The summed E-state index contributed by atoms with van der Waals surface area (Å²) < 4.78 is 0. The second-order valence-corrected chi connectivity index (χ2v) is 2.82. The Morgan fingerprint density at radius 2 is 2.38 bits per heavy atom. The van der Waals surface area contributed by atoms with Gasteiger partial charge in [-0.3, -0.25) is 4.98 Å². The Labute approximate surface area is 78.6 Å². The molecule has 0 radical (unpaired) electrons. The predicted octanol–water partition coefficient (Wildman–Crippen LogP) is 1.84. The molecule has 2 heteroatoms. The molecule has 0 saturated carbocycles. The van der Waals surface area contributed by atoms with Crippen molar-refractivity contribution in [3.8, 4) is 11.8 Å². The molecule has 13 heavy (non-hydrogen) atoms. The normalized spacial score (nSPS) is 11.6. The number of aliphatic hydroxyl groups is 1.